The van der Waals surface area contributed by atoms with Gasteiger partial charge in [-0.3, -0.25) is 9.46 Å². The summed E-state index contributed by atoms with van der Waals surface area (Å²) in [6, 6.07) is 13.9. The highest BCUT2D eigenvalue weighted by Gasteiger charge is 2.20. The van der Waals surface area contributed by atoms with E-state index in [4.69, 9.17) is 16.3 Å². The molecule has 35 heavy (non-hydrogen) atoms. The van der Waals surface area contributed by atoms with Crippen LogP contribution in [0.15, 0.2) is 48.7 Å². The quantitative estimate of drug-likeness (QED) is 0.406. The molecule has 2 aromatic carbocycles. The molecule has 1 aliphatic rings. The zero-order chi connectivity index (χ0) is 24.9. The number of hydrogen-bond donors (Lipinski definition) is 2. The van der Waals surface area contributed by atoms with Gasteiger partial charge in [0.15, 0.2) is 5.82 Å². The number of methoxy groups -OCH3 is 1. The Bertz CT molecular complexity index is 1250. The number of para-hydroxylation sites is 1. The minimum Gasteiger partial charge on any atom is -0.494 e. The summed E-state index contributed by atoms with van der Waals surface area (Å²) < 4.78 is 17.7. The van der Waals surface area contributed by atoms with E-state index in [2.05, 4.69) is 56.6 Å². The molecule has 3 aromatic rings. The number of piperazine rings is 1. The Morgan fingerprint density at radius 2 is 1.83 bits per heavy atom. The number of nitrogens with one attached hydrogen (secondary N) is 2. The van der Waals surface area contributed by atoms with Crippen LogP contribution in [-0.4, -0.2) is 60.5 Å². The second-order valence-corrected chi connectivity index (χ2v) is 10.2. The van der Waals surface area contributed by atoms with Crippen molar-refractivity contribution in [1.82, 2.24) is 14.9 Å². The number of ether oxygens (including phenoxy) is 1. The van der Waals surface area contributed by atoms with Crippen molar-refractivity contribution in [3.05, 3.63) is 53.7 Å². The van der Waals surface area contributed by atoms with Gasteiger partial charge in [-0.1, -0.05) is 23.7 Å². The van der Waals surface area contributed by atoms with E-state index in [1.165, 1.54) is 6.20 Å². The maximum atomic E-state index is 12.0. The minimum atomic E-state index is -1.78. The molecular weight excluding hydrogens is 483 g/mol. The Kier molecular flexibility index (Phi) is 7.96. The van der Waals surface area contributed by atoms with Gasteiger partial charge in [0.25, 0.3) is 0 Å². The highest BCUT2D eigenvalue weighted by Crippen LogP contribution is 2.33. The van der Waals surface area contributed by atoms with Crippen molar-refractivity contribution >= 4 is 59.5 Å². The largest absolute Gasteiger partial charge is 0.494 e. The van der Waals surface area contributed by atoms with Crippen molar-refractivity contribution < 1.29 is 9.30 Å². The molecule has 184 valence electrons. The third-order valence-corrected chi connectivity index (χ3v) is 7.22. The molecule has 0 aliphatic carbocycles. The molecule has 1 saturated heterocycles. The third-order valence-electron chi connectivity index (χ3n) is 6.01. The van der Waals surface area contributed by atoms with Crippen molar-refractivity contribution in [2.45, 2.75) is 19.9 Å². The average molecular weight is 513 g/mol. The van der Waals surface area contributed by atoms with E-state index in [1.807, 2.05) is 30.3 Å². The summed E-state index contributed by atoms with van der Waals surface area (Å²) in [5, 5.41) is 7.31. The molecule has 8 nitrogen and oxygen atoms in total. The number of aromatic nitrogens is 2. The molecule has 0 spiro atoms. The standard InChI is InChI=1S/C25H30ClN6O2P/c1-17(2)31-11-13-32(14-12-31)18-9-10-20(22(15-18)34-3)29-25-27-16-19(26)24(30-25)28-21-7-5-6-8-23(21)35(4)33/h5-10,15-17H,4,11-14H2,1-3H3,(H2,27,28,29,30). The molecule has 1 unspecified atom stereocenters. The van der Waals surface area contributed by atoms with Gasteiger partial charge in [-0.2, -0.15) is 4.98 Å². The maximum Gasteiger partial charge on any atom is 0.229 e. The molecule has 2 heterocycles. The number of anilines is 5. The van der Waals surface area contributed by atoms with Crippen molar-refractivity contribution in [2.75, 3.05) is 48.8 Å². The summed E-state index contributed by atoms with van der Waals surface area (Å²) in [4.78, 5) is 13.7. The first-order valence-electron chi connectivity index (χ1n) is 11.5. The molecule has 2 N–H and O–H groups in total. The van der Waals surface area contributed by atoms with E-state index in [0.29, 0.717) is 39.6 Å². The van der Waals surface area contributed by atoms with Crippen molar-refractivity contribution in [3.8, 4) is 5.75 Å². The zero-order valence-corrected chi connectivity index (χ0v) is 21.8. The van der Waals surface area contributed by atoms with Gasteiger partial charge in [0, 0.05) is 44.0 Å². The number of rotatable bonds is 8. The second-order valence-electron chi connectivity index (χ2n) is 8.54. The molecule has 1 aromatic heterocycles. The fourth-order valence-corrected chi connectivity index (χ4v) is 4.83. The van der Waals surface area contributed by atoms with Crippen LogP contribution < -0.4 is 25.6 Å². The van der Waals surface area contributed by atoms with Gasteiger partial charge < -0.3 is 20.3 Å². The van der Waals surface area contributed by atoms with Crippen LogP contribution >= 0.6 is 19.0 Å². The van der Waals surface area contributed by atoms with E-state index in [-0.39, 0.29) is 0 Å². The molecular formula is C25H30ClN6O2P. The van der Waals surface area contributed by atoms with Gasteiger partial charge in [0.1, 0.15) is 18.2 Å². The van der Waals surface area contributed by atoms with Crippen LogP contribution in [0.3, 0.4) is 0 Å². The normalized spacial score (nSPS) is 14.7. The van der Waals surface area contributed by atoms with Gasteiger partial charge in [0.05, 0.1) is 30.0 Å². The van der Waals surface area contributed by atoms with Crippen molar-refractivity contribution in [3.63, 3.8) is 0 Å². The van der Waals surface area contributed by atoms with Crippen molar-refractivity contribution in [1.29, 1.82) is 0 Å². The predicted molar refractivity (Wildman–Crippen MR) is 146 cm³/mol. The van der Waals surface area contributed by atoms with Gasteiger partial charge in [-0.25, -0.2) is 4.98 Å². The van der Waals surface area contributed by atoms with Gasteiger partial charge in [-0.05, 0) is 44.4 Å². The molecule has 4 rings (SSSR count). The SMILES string of the molecule is C=P(=O)c1ccccc1Nc1nc(Nc2ccc(N3CCN(C(C)C)CC3)cc2OC)ncc1Cl. The lowest BCUT2D eigenvalue weighted by atomic mass is 10.2. The second kappa shape index (κ2) is 11.1. The zero-order valence-electron chi connectivity index (χ0n) is 20.2. The molecule has 10 heteroatoms. The van der Waals surface area contributed by atoms with Crippen LogP contribution in [0.1, 0.15) is 13.8 Å². The number of nitrogens with zero attached hydrogens (tertiary/aromatic N) is 4. The van der Waals surface area contributed by atoms with E-state index in [9.17, 15) is 4.57 Å². The van der Waals surface area contributed by atoms with E-state index in [0.717, 1.165) is 37.6 Å². The summed E-state index contributed by atoms with van der Waals surface area (Å²) in [5.74, 6) is 1.44. The fraction of sp³-hybridized carbons (Fsp3) is 0.320. The summed E-state index contributed by atoms with van der Waals surface area (Å²) in [5.41, 5.74) is 2.50. The smallest absolute Gasteiger partial charge is 0.229 e. The lowest BCUT2D eigenvalue weighted by Crippen LogP contribution is -2.48. The van der Waals surface area contributed by atoms with Crippen LogP contribution in [0.25, 0.3) is 0 Å². The Balaban J connectivity index is 1.52. The van der Waals surface area contributed by atoms with Gasteiger partial charge in [0.2, 0.25) is 5.95 Å². The Hall–Kier alpha value is -3.06. The lowest BCUT2D eigenvalue weighted by Gasteiger charge is -2.38. The van der Waals surface area contributed by atoms with Crippen LogP contribution in [0, 0.1) is 0 Å². The van der Waals surface area contributed by atoms with Gasteiger partial charge >= 0.3 is 0 Å². The summed E-state index contributed by atoms with van der Waals surface area (Å²) in [7, 11) is -0.133. The fourth-order valence-electron chi connectivity index (χ4n) is 4.04. The summed E-state index contributed by atoms with van der Waals surface area (Å²) >= 11 is 6.34. The molecule has 0 bridgehead atoms. The first-order chi connectivity index (χ1) is 16.9. The first-order valence-corrected chi connectivity index (χ1v) is 13.3. The Labute approximate surface area is 211 Å². The van der Waals surface area contributed by atoms with E-state index >= 15 is 0 Å². The molecule has 0 saturated carbocycles. The third kappa shape index (κ3) is 5.96. The molecule has 1 atom stereocenters. The number of halogens is 1. The van der Waals surface area contributed by atoms with Gasteiger partial charge in [-0.15, -0.1) is 0 Å². The van der Waals surface area contributed by atoms with Crippen molar-refractivity contribution in [2.24, 2.45) is 0 Å². The summed E-state index contributed by atoms with van der Waals surface area (Å²) in [6.45, 7) is 8.51. The van der Waals surface area contributed by atoms with Crippen LogP contribution in [0.5, 0.6) is 5.75 Å². The Morgan fingerprint density at radius 1 is 1.09 bits per heavy atom. The topological polar surface area (TPSA) is 82.6 Å². The lowest BCUT2D eigenvalue weighted by molar-refractivity contribution is 0.209. The minimum absolute atomic E-state index is 0.340. The van der Waals surface area contributed by atoms with E-state index < -0.39 is 7.42 Å². The molecule has 0 amide bonds. The molecule has 0 radical (unpaired) electrons. The molecule has 1 fully saturated rings. The van der Waals surface area contributed by atoms with Crippen LogP contribution in [0.4, 0.5) is 28.8 Å². The van der Waals surface area contributed by atoms with Crippen LogP contribution in [-0.2, 0) is 4.57 Å². The average Bonchev–Trinajstić information content (AvgIpc) is 2.86. The number of hydrogen-bond acceptors (Lipinski definition) is 8. The highest BCUT2D eigenvalue weighted by molar-refractivity contribution is 7.52. The van der Waals surface area contributed by atoms with Crippen LogP contribution in [0.2, 0.25) is 5.02 Å². The van der Waals surface area contributed by atoms with E-state index in [1.54, 1.807) is 13.2 Å². The monoisotopic (exact) mass is 512 g/mol. The summed E-state index contributed by atoms with van der Waals surface area (Å²) in [6.07, 6.45) is 5.16. The Morgan fingerprint density at radius 3 is 2.51 bits per heavy atom. The number of benzene rings is 2. The molecule has 1 aliphatic heterocycles. The highest BCUT2D eigenvalue weighted by atomic mass is 35.5. The first kappa shape index (κ1) is 25.0. The predicted octanol–water partition coefficient (Wildman–Crippen LogP) is 5.04. The maximum absolute atomic E-state index is 12.0.